The van der Waals surface area contributed by atoms with Crippen molar-refractivity contribution in [3.05, 3.63) is 33.9 Å². The van der Waals surface area contributed by atoms with Crippen LogP contribution < -0.4 is 10.6 Å². The molecule has 2 aliphatic heterocycles. The molecule has 0 radical (unpaired) electrons. The molecule has 1 aromatic rings. The minimum absolute atomic E-state index is 0.00772. The van der Waals surface area contributed by atoms with E-state index in [1.165, 1.54) is 128 Å². The van der Waals surface area contributed by atoms with Gasteiger partial charge in [0.1, 0.15) is 5.56 Å². The Balaban J connectivity index is 1.61. The van der Waals surface area contributed by atoms with E-state index < -0.39 is 10.8 Å². The summed E-state index contributed by atoms with van der Waals surface area (Å²) in [6.45, 7) is 4.10. The van der Waals surface area contributed by atoms with Gasteiger partial charge in [-0.25, -0.2) is 0 Å². The van der Waals surface area contributed by atoms with E-state index in [0.717, 1.165) is 44.7 Å². The molecule has 2 saturated heterocycles. The minimum atomic E-state index is -0.737. The van der Waals surface area contributed by atoms with E-state index in [1.54, 1.807) is 6.07 Å². The molecule has 1 aromatic carbocycles. The Bertz CT molecular complexity index is 877. The molecule has 7 nitrogen and oxygen atoms in total. The number of nitro benzene ring substituents is 1. The maximum absolute atomic E-state index is 12.1. The Morgan fingerprint density at radius 2 is 1.18 bits per heavy atom. The molecule has 0 spiro atoms. The lowest BCUT2D eigenvalue weighted by atomic mass is 10.0. The molecule has 2 aliphatic rings. The number of nitrogens with zero attached hydrogens (tertiary/aromatic N) is 3. The van der Waals surface area contributed by atoms with Crippen LogP contribution in [0.5, 0.6) is 0 Å². The maximum Gasteiger partial charge on any atom is 0.282 e. The van der Waals surface area contributed by atoms with Gasteiger partial charge >= 0.3 is 0 Å². The summed E-state index contributed by atoms with van der Waals surface area (Å²) in [6.07, 6.45) is 28.1. The van der Waals surface area contributed by atoms with Gasteiger partial charge in [-0.1, -0.05) is 116 Å². The smallest absolute Gasteiger partial charge is 0.282 e. The van der Waals surface area contributed by atoms with E-state index in [9.17, 15) is 14.9 Å². The number of carbonyl (C=O) groups is 1. The predicted molar refractivity (Wildman–Crippen MR) is 166 cm³/mol. The fourth-order valence-electron chi connectivity index (χ4n) is 6.67. The van der Waals surface area contributed by atoms with Crippen molar-refractivity contribution in [3.63, 3.8) is 0 Å². The van der Waals surface area contributed by atoms with Gasteiger partial charge < -0.3 is 15.5 Å². The molecule has 226 valence electrons. The zero-order valence-electron chi connectivity index (χ0n) is 25.1. The Hall–Kier alpha value is -2.15. The molecule has 40 heavy (non-hydrogen) atoms. The first-order valence-corrected chi connectivity index (χ1v) is 16.6. The predicted octanol–water partition coefficient (Wildman–Crippen LogP) is 8.39. The molecule has 7 heteroatoms. The van der Waals surface area contributed by atoms with Gasteiger partial charge in [-0.3, -0.25) is 14.9 Å². The number of hydrogen-bond donors (Lipinski definition) is 1. The number of nitrogens with two attached hydrogens (primary N) is 1. The molecule has 0 aromatic heterocycles. The third-order valence-electron chi connectivity index (χ3n) is 9.16. The highest BCUT2D eigenvalue weighted by Crippen LogP contribution is 2.30. The fourth-order valence-corrected chi connectivity index (χ4v) is 6.67. The lowest BCUT2D eigenvalue weighted by Gasteiger charge is -2.32. The minimum Gasteiger partial charge on any atom is -0.367 e. The van der Waals surface area contributed by atoms with Crippen molar-refractivity contribution < 1.29 is 9.72 Å². The lowest BCUT2D eigenvalue weighted by molar-refractivity contribution is -0.385. The standard InChI is InChI=1S/C33H56N4O3/c34-33(38)31-28-30(21-22-32(31)37(39)40)36-27-26-35-24-19-17-15-13-11-9-7-5-3-1-2-4-6-8-10-12-14-16-18-20-29(36)23-25-35/h21-22,28-29H,1-20,23-27H2,(H2,34,38). The molecule has 2 atom stereocenters. The quantitative estimate of drug-likeness (QED) is 0.298. The average Bonchev–Trinajstić information content (AvgIpc) is 3.15. The summed E-state index contributed by atoms with van der Waals surface area (Å²) < 4.78 is 0. The van der Waals surface area contributed by atoms with Crippen LogP contribution in [0.15, 0.2) is 18.2 Å². The van der Waals surface area contributed by atoms with Crippen LogP contribution in [-0.4, -0.2) is 48.0 Å². The monoisotopic (exact) mass is 556 g/mol. The van der Waals surface area contributed by atoms with Gasteiger partial charge in [0.2, 0.25) is 0 Å². The second-order valence-electron chi connectivity index (χ2n) is 12.3. The first kappa shape index (κ1) is 32.4. The molecular formula is C33H56N4O3. The first-order valence-electron chi connectivity index (χ1n) is 16.6. The van der Waals surface area contributed by atoms with Crippen LogP contribution in [0.3, 0.4) is 0 Å². The molecule has 1 amide bonds. The molecule has 2 N–H and O–H groups in total. The second-order valence-corrected chi connectivity index (χ2v) is 12.3. The number of carbonyl (C=O) groups excluding carboxylic acids is 1. The number of nitro groups is 1. The third kappa shape index (κ3) is 11.8. The van der Waals surface area contributed by atoms with E-state index in [0.29, 0.717) is 6.04 Å². The molecule has 2 bridgehead atoms. The summed E-state index contributed by atoms with van der Waals surface area (Å²) in [5.41, 5.74) is 6.24. The third-order valence-corrected chi connectivity index (χ3v) is 9.16. The molecule has 2 unspecified atom stereocenters. The number of rotatable bonds is 3. The van der Waals surface area contributed by atoms with E-state index in [2.05, 4.69) is 9.80 Å². The highest BCUT2D eigenvalue weighted by molar-refractivity contribution is 5.98. The topological polar surface area (TPSA) is 92.7 Å². The number of fused-ring (bicyclic) bond motifs is 3. The zero-order valence-corrected chi connectivity index (χ0v) is 25.1. The van der Waals surface area contributed by atoms with Gasteiger partial charge in [0.05, 0.1) is 4.92 Å². The molecule has 0 aliphatic carbocycles. The van der Waals surface area contributed by atoms with E-state index in [1.807, 2.05) is 6.07 Å². The Labute approximate surface area is 243 Å². The van der Waals surface area contributed by atoms with Crippen molar-refractivity contribution in [2.24, 2.45) is 5.73 Å². The van der Waals surface area contributed by atoms with Gasteiger partial charge in [-0.15, -0.1) is 0 Å². The van der Waals surface area contributed by atoms with Crippen LogP contribution in [0.25, 0.3) is 0 Å². The Morgan fingerprint density at radius 1 is 0.675 bits per heavy atom. The maximum atomic E-state index is 12.1. The van der Waals surface area contributed by atoms with Gasteiger partial charge in [-0.05, 0) is 37.9 Å². The van der Waals surface area contributed by atoms with E-state index in [-0.39, 0.29) is 11.3 Å². The number of primary amides is 1. The molecule has 2 fully saturated rings. The van der Waals surface area contributed by atoms with Crippen molar-refractivity contribution >= 4 is 17.3 Å². The highest BCUT2D eigenvalue weighted by Gasteiger charge is 2.27. The normalized spacial score (nSPS) is 24.4. The van der Waals surface area contributed by atoms with Crippen molar-refractivity contribution in [2.45, 2.75) is 141 Å². The SMILES string of the molecule is NC(=O)c1cc(N2CCN3CCCCCCCCCCCCCCCCCCCCCC2CC3)ccc1[N+](=O)[O-]. The van der Waals surface area contributed by atoms with Crippen LogP contribution in [0, 0.1) is 10.1 Å². The summed E-state index contributed by atoms with van der Waals surface area (Å²) in [6, 6.07) is 5.30. The Morgan fingerprint density at radius 3 is 1.68 bits per heavy atom. The summed E-state index contributed by atoms with van der Waals surface area (Å²) in [5, 5.41) is 11.5. The van der Waals surface area contributed by atoms with Crippen LogP contribution in [0.1, 0.15) is 145 Å². The number of anilines is 1. The van der Waals surface area contributed by atoms with Crippen LogP contribution in [0.2, 0.25) is 0 Å². The first-order chi connectivity index (χ1) is 19.6. The molecule has 2 heterocycles. The summed E-state index contributed by atoms with van der Waals surface area (Å²) in [5.74, 6) is -0.737. The fraction of sp³-hybridized carbons (Fsp3) is 0.788. The van der Waals surface area contributed by atoms with Crippen LogP contribution in [-0.2, 0) is 0 Å². The zero-order chi connectivity index (χ0) is 28.4. The molecule has 3 rings (SSSR count). The summed E-state index contributed by atoms with van der Waals surface area (Å²) in [7, 11) is 0. The lowest BCUT2D eigenvalue weighted by Crippen LogP contribution is -2.37. The van der Waals surface area contributed by atoms with Crippen molar-refractivity contribution in [1.29, 1.82) is 0 Å². The second kappa shape index (κ2) is 19.1. The highest BCUT2D eigenvalue weighted by atomic mass is 16.6. The van der Waals surface area contributed by atoms with Crippen molar-refractivity contribution in [2.75, 3.05) is 31.1 Å². The molecule has 0 saturated carbocycles. The number of hydrogen-bond acceptors (Lipinski definition) is 5. The van der Waals surface area contributed by atoms with Crippen molar-refractivity contribution in [3.8, 4) is 0 Å². The van der Waals surface area contributed by atoms with E-state index in [4.69, 9.17) is 5.73 Å². The average molecular weight is 557 g/mol. The van der Waals surface area contributed by atoms with Gasteiger partial charge in [0, 0.05) is 37.4 Å². The van der Waals surface area contributed by atoms with Gasteiger partial charge in [0.15, 0.2) is 0 Å². The number of amides is 1. The molecular weight excluding hydrogens is 500 g/mol. The number of benzene rings is 1. The Kier molecular flexibility index (Phi) is 15.4. The van der Waals surface area contributed by atoms with Gasteiger partial charge in [-0.2, -0.15) is 0 Å². The summed E-state index contributed by atoms with van der Waals surface area (Å²) in [4.78, 5) is 28.0. The van der Waals surface area contributed by atoms with Crippen LogP contribution in [0.4, 0.5) is 11.4 Å². The van der Waals surface area contributed by atoms with Crippen LogP contribution >= 0.6 is 0 Å². The largest absolute Gasteiger partial charge is 0.367 e. The van der Waals surface area contributed by atoms with Crippen molar-refractivity contribution in [1.82, 2.24) is 4.90 Å². The van der Waals surface area contributed by atoms with Gasteiger partial charge in [0.25, 0.3) is 11.6 Å². The summed E-state index contributed by atoms with van der Waals surface area (Å²) >= 11 is 0. The van der Waals surface area contributed by atoms with E-state index >= 15 is 0 Å².